The van der Waals surface area contributed by atoms with E-state index in [9.17, 15) is 14.7 Å². The number of carbonyl (C=O) groups excluding carboxylic acids is 4. The summed E-state index contributed by atoms with van der Waals surface area (Å²) in [6, 6.07) is 0. The number of hydrogen-bond donors (Lipinski definition) is 3. The quantitative estimate of drug-likeness (QED) is 0.377. The normalized spacial score (nSPS) is 8.50. The van der Waals surface area contributed by atoms with Crippen LogP contribution in [-0.2, 0) is 23.9 Å². The number of aliphatic carboxylic acids is 3. The van der Waals surface area contributed by atoms with Crippen molar-refractivity contribution in [3.05, 3.63) is 0 Å². The maximum Gasteiger partial charge on any atom is 0.354 e. The molecule has 0 spiro atoms. The van der Waals surface area contributed by atoms with Gasteiger partial charge in [0, 0.05) is 0 Å². The van der Waals surface area contributed by atoms with Gasteiger partial charge in [-0.15, -0.1) is 0 Å². The van der Waals surface area contributed by atoms with Crippen LogP contribution in [0.4, 0.5) is 0 Å². The maximum atomic E-state index is 10.8. The molecule has 0 saturated heterocycles. The Hall–Kier alpha value is -2.24. The van der Waals surface area contributed by atoms with E-state index in [1.54, 1.807) is 0 Å². The molecule has 11 nitrogen and oxygen atoms in total. The Morgan fingerprint density at radius 2 is 1.00 bits per heavy atom. The second-order valence-corrected chi connectivity index (χ2v) is 3.50. The Labute approximate surface area is 128 Å². The van der Waals surface area contributed by atoms with Crippen LogP contribution in [0.5, 0.6) is 0 Å². The molecule has 0 aromatic rings. The highest BCUT2D eigenvalue weighted by atomic mass is 16.6. The zero-order valence-electron chi connectivity index (χ0n) is 13.9. The molecule has 0 aromatic heterocycles. The van der Waals surface area contributed by atoms with Crippen molar-refractivity contribution in [3.8, 4) is 0 Å². The highest BCUT2D eigenvalue weighted by molar-refractivity contribution is 6.27. The van der Waals surface area contributed by atoms with Crippen LogP contribution < -0.4 is 33.8 Å². The van der Waals surface area contributed by atoms with Gasteiger partial charge >= 0.3 is 5.97 Å². The SMILES string of the molecule is CCC(CC)(CC)OC(=O)C(=O)[O-].O=C([O-])C(=O)[O-].[NH4+].[NH4+].[NH4+]. The molecule has 0 bridgehead atoms. The summed E-state index contributed by atoms with van der Waals surface area (Å²) in [4.78, 5) is 38.7. The summed E-state index contributed by atoms with van der Waals surface area (Å²) >= 11 is 0. The van der Waals surface area contributed by atoms with Crippen LogP contribution in [0.3, 0.4) is 0 Å². The molecule has 22 heavy (non-hydrogen) atoms. The molecule has 0 radical (unpaired) electrons. The first-order chi connectivity index (χ1) is 8.65. The van der Waals surface area contributed by atoms with Crippen LogP contribution in [0.15, 0.2) is 0 Å². The molecule has 134 valence electrons. The lowest BCUT2D eigenvalue weighted by Gasteiger charge is -2.30. The summed E-state index contributed by atoms with van der Waals surface area (Å²) in [5, 5.41) is 28.0. The van der Waals surface area contributed by atoms with Gasteiger partial charge in [0.1, 0.15) is 5.60 Å². The number of rotatable bonds is 4. The zero-order valence-corrected chi connectivity index (χ0v) is 13.9. The Bertz CT molecular complexity index is 335. The van der Waals surface area contributed by atoms with Gasteiger partial charge in [-0.2, -0.15) is 0 Å². The molecule has 0 amide bonds. The number of hydrogen-bond acceptors (Lipinski definition) is 8. The number of ether oxygens (including phenoxy) is 1. The van der Waals surface area contributed by atoms with E-state index in [-0.39, 0.29) is 18.5 Å². The van der Waals surface area contributed by atoms with E-state index in [1.807, 2.05) is 20.8 Å². The molecular weight excluding hydrogens is 302 g/mol. The standard InChI is InChI=1S/C9H16O4.C2H2O4.3H3N/c1-4-9(5-2,6-3)13-8(12)7(10)11;3-1(4)2(5)6;;;/h4-6H2,1-3H3,(H,10,11);(H,3,4)(H,5,6);3*1H3. The van der Waals surface area contributed by atoms with Crippen molar-refractivity contribution in [2.75, 3.05) is 0 Å². The largest absolute Gasteiger partial charge is 0.543 e. The summed E-state index contributed by atoms with van der Waals surface area (Å²) < 4.78 is 4.85. The van der Waals surface area contributed by atoms with Crippen molar-refractivity contribution in [2.24, 2.45) is 0 Å². The van der Waals surface area contributed by atoms with Crippen molar-refractivity contribution < 1.29 is 39.2 Å². The third kappa shape index (κ3) is 12.8. The summed E-state index contributed by atoms with van der Waals surface area (Å²) in [5.41, 5.74) is -0.642. The van der Waals surface area contributed by atoms with Crippen LogP contribution in [-0.4, -0.2) is 29.5 Å². The smallest absolute Gasteiger partial charge is 0.354 e. The summed E-state index contributed by atoms with van der Waals surface area (Å²) in [7, 11) is 0. The van der Waals surface area contributed by atoms with Crippen LogP contribution in [0.2, 0.25) is 0 Å². The molecule has 0 heterocycles. The monoisotopic (exact) mass is 329 g/mol. The number of esters is 1. The minimum atomic E-state index is -2.19. The van der Waals surface area contributed by atoms with E-state index < -0.39 is 29.5 Å². The molecule has 0 aliphatic heterocycles. The molecule has 0 saturated carbocycles. The van der Waals surface area contributed by atoms with E-state index in [0.29, 0.717) is 19.3 Å². The van der Waals surface area contributed by atoms with Crippen molar-refractivity contribution in [2.45, 2.75) is 45.6 Å². The van der Waals surface area contributed by atoms with Gasteiger partial charge in [-0.25, -0.2) is 4.79 Å². The predicted molar refractivity (Wildman–Crippen MR) is 72.7 cm³/mol. The van der Waals surface area contributed by atoms with Gasteiger partial charge in [0.2, 0.25) is 0 Å². The van der Waals surface area contributed by atoms with Crippen LogP contribution in [0.1, 0.15) is 40.0 Å². The van der Waals surface area contributed by atoms with Gasteiger partial charge in [0.15, 0.2) is 5.97 Å². The second kappa shape index (κ2) is 15.2. The van der Waals surface area contributed by atoms with Crippen LogP contribution in [0, 0.1) is 0 Å². The minimum absolute atomic E-state index is 0. The van der Waals surface area contributed by atoms with Crippen molar-refractivity contribution >= 4 is 23.9 Å². The van der Waals surface area contributed by atoms with Gasteiger partial charge in [-0.3, -0.25) is 0 Å². The summed E-state index contributed by atoms with van der Waals surface area (Å²) in [5.74, 6) is -7.42. The topological polar surface area (TPSA) is 256 Å². The van der Waals surface area contributed by atoms with Crippen LogP contribution in [0.25, 0.3) is 0 Å². The average Bonchev–Trinajstić information content (AvgIpc) is 2.36. The fraction of sp³-hybridized carbons (Fsp3) is 0.636. The van der Waals surface area contributed by atoms with E-state index >= 15 is 0 Å². The van der Waals surface area contributed by atoms with E-state index in [0.717, 1.165) is 0 Å². The Balaban J connectivity index is -0.0000000933. The second-order valence-electron chi connectivity index (χ2n) is 3.50. The number of carbonyl (C=O) groups is 4. The fourth-order valence-electron chi connectivity index (χ4n) is 1.20. The first-order valence-corrected chi connectivity index (χ1v) is 5.52. The van der Waals surface area contributed by atoms with Gasteiger partial charge < -0.3 is 52.9 Å². The molecule has 0 atom stereocenters. The Kier molecular flexibility index (Phi) is 22.0. The Morgan fingerprint density at radius 1 is 0.727 bits per heavy atom. The number of carboxylic acids is 3. The third-order valence-electron chi connectivity index (χ3n) is 2.58. The minimum Gasteiger partial charge on any atom is -0.543 e. The average molecular weight is 329 g/mol. The molecule has 0 aromatic carbocycles. The molecule has 0 aliphatic carbocycles. The highest BCUT2D eigenvalue weighted by Gasteiger charge is 2.28. The lowest BCUT2D eigenvalue weighted by atomic mass is 9.94. The van der Waals surface area contributed by atoms with Crippen molar-refractivity contribution in [1.82, 2.24) is 18.5 Å². The van der Waals surface area contributed by atoms with Gasteiger partial charge in [-0.05, 0) is 19.3 Å². The molecule has 0 unspecified atom stereocenters. The highest BCUT2D eigenvalue weighted by Crippen LogP contribution is 2.24. The first-order valence-electron chi connectivity index (χ1n) is 5.52. The number of quaternary nitrogens is 3. The number of carboxylic acid groups (broad SMARTS) is 3. The van der Waals surface area contributed by atoms with Crippen LogP contribution >= 0.6 is 0 Å². The lowest BCUT2D eigenvalue weighted by Crippen LogP contribution is -2.42. The lowest BCUT2D eigenvalue weighted by molar-refractivity contribution is -0.345. The summed E-state index contributed by atoms with van der Waals surface area (Å²) in [6.07, 6.45) is 1.83. The Morgan fingerprint density at radius 3 is 1.14 bits per heavy atom. The fourth-order valence-corrected chi connectivity index (χ4v) is 1.20. The molecule has 12 N–H and O–H groups in total. The summed E-state index contributed by atoms with van der Waals surface area (Å²) in [6.45, 7) is 5.57. The van der Waals surface area contributed by atoms with E-state index in [2.05, 4.69) is 0 Å². The molecular formula is C11H27N3O8. The zero-order chi connectivity index (χ0) is 15.6. The van der Waals surface area contributed by atoms with Gasteiger partial charge in [0.05, 0.1) is 11.9 Å². The molecule has 0 aliphatic rings. The first kappa shape index (κ1) is 31.9. The molecule has 11 heteroatoms. The molecule has 0 fully saturated rings. The van der Waals surface area contributed by atoms with Crippen molar-refractivity contribution in [3.63, 3.8) is 0 Å². The van der Waals surface area contributed by atoms with E-state index in [4.69, 9.17) is 24.5 Å². The van der Waals surface area contributed by atoms with Gasteiger partial charge in [0.25, 0.3) is 0 Å². The van der Waals surface area contributed by atoms with Gasteiger partial charge in [-0.1, -0.05) is 20.8 Å². The maximum absolute atomic E-state index is 10.8. The predicted octanol–water partition coefficient (Wildman–Crippen LogP) is -2.14. The third-order valence-corrected chi connectivity index (χ3v) is 2.58. The molecule has 0 rings (SSSR count). The van der Waals surface area contributed by atoms with Crippen molar-refractivity contribution in [1.29, 1.82) is 0 Å². The van der Waals surface area contributed by atoms with E-state index in [1.165, 1.54) is 0 Å².